The Kier molecular flexibility index (Phi) is 4.27. The molecule has 0 spiro atoms. The number of nitrogens with zero attached hydrogens (tertiary/aromatic N) is 1. The summed E-state index contributed by atoms with van der Waals surface area (Å²) in [5.74, 6) is 0.384. The largest absolute Gasteiger partial charge is 0.298 e. The molecular weight excluding hydrogens is 290 g/mol. The van der Waals surface area contributed by atoms with Gasteiger partial charge in [-0.25, -0.2) is 0 Å². The van der Waals surface area contributed by atoms with Crippen LogP contribution >= 0.6 is 11.3 Å². The van der Waals surface area contributed by atoms with Crippen molar-refractivity contribution in [3.8, 4) is 0 Å². The summed E-state index contributed by atoms with van der Waals surface area (Å²) < 4.78 is 0. The van der Waals surface area contributed by atoms with Crippen molar-refractivity contribution in [1.29, 1.82) is 0 Å². The van der Waals surface area contributed by atoms with Crippen LogP contribution in [0.15, 0.2) is 42.5 Å². The summed E-state index contributed by atoms with van der Waals surface area (Å²) in [6.45, 7) is 10.7. The summed E-state index contributed by atoms with van der Waals surface area (Å²) in [5.41, 5.74) is 4.84. The molecule has 1 aliphatic rings. The van der Waals surface area contributed by atoms with Crippen molar-refractivity contribution in [3.05, 3.63) is 68.9 Å². The number of benzene rings is 1. The first-order valence-electron chi connectivity index (χ1n) is 7.58. The van der Waals surface area contributed by atoms with Crippen LogP contribution in [0.1, 0.15) is 32.4 Å². The smallest absolute Gasteiger partial charge is 0.146 e. The molecule has 0 saturated carbocycles. The van der Waals surface area contributed by atoms with Crippen molar-refractivity contribution in [1.82, 2.24) is 4.90 Å². The van der Waals surface area contributed by atoms with Gasteiger partial charge < -0.3 is 0 Å². The maximum atomic E-state index is 10.9. The molecule has 1 atom stereocenters. The molecule has 0 bridgehead atoms. The lowest BCUT2D eigenvalue weighted by atomic mass is 9.86. The fourth-order valence-electron chi connectivity index (χ4n) is 3.31. The number of carbonyl (C=O) groups is 1. The van der Waals surface area contributed by atoms with E-state index in [0.717, 1.165) is 19.4 Å². The Bertz CT molecular complexity index is 716. The second kappa shape index (κ2) is 6.19. The summed E-state index contributed by atoms with van der Waals surface area (Å²) in [5, 5.41) is 0. The summed E-state index contributed by atoms with van der Waals surface area (Å²) in [4.78, 5) is 16.0. The number of fused-ring (bicyclic) bond motifs is 1. The van der Waals surface area contributed by atoms with Gasteiger partial charge >= 0.3 is 0 Å². The van der Waals surface area contributed by atoms with Crippen molar-refractivity contribution in [3.63, 3.8) is 0 Å². The first-order valence-corrected chi connectivity index (χ1v) is 8.40. The van der Waals surface area contributed by atoms with Gasteiger partial charge in [0.25, 0.3) is 0 Å². The topological polar surface area (TPSA) is 20.3 Å². The van der Waals surface area contributed by atoms with Gasteiger partial charge in [-0.3, -0.25) is 9.69 Å². The zero-order chi connectivity index (χ0) is 15.7. The molecule has 0 N–H and O–H groups in total. The number of rotatable bonds is 4. The predicted molar refractivity (Wildman–Crippen MR) is 92.6 cm³/mol. The zero-order valence-corrected chi connectivity index (χ0v) is 14.0. The minimum atomic E-state index is 0.384. The Morgan fingerprint density at radius 2 is 2.14 bits per heavy atom. The van der Waals surface area contributed by atoms with E-state index in [9.17, 15) is 4.79 Å². The van der Waals surface area contributed by atoms with E-state index in [-0.39, 0.29) is 0 Å². The average molecular weight is 311 g/mol. The zero-order valence-electron chi connectivity index (χ0n) is 13.1. The van der Waals surface area contributed by atoms with Gasteiger partial charge in [0, 0.05) is 35.3 Å². The highest BCUT2D eigenvalue weighted by atomic mass is 32.1. The van der Waals surface area contributed by atoms with Crippen molar-refractivity contribution in [2.24, 2.45) is 0 Å². The molecule has 0 radical (unpaired) electrons. The molecule has 2 aromatic rings. The Morgan fingerprint density at radius 1 is 1.36 bits per heavy atom. The SMILES string of the molecule is C=C(C=O)CN1Cc2sc(C)cc2[C@@H](c2ccccc2C)C1. The Labute approximate surface area is 136 Å². The molecule has 0 amide bonds. The predicted octanol–water partition coefficient (Wildman–Crippen LogP) is 4.07. The van der Waals surface area contributed by atoms with Crippen LogP contribution in [-0.4, -0.2) is 24.3 Å². The van der Waals surface area contributed by atoms with Gasteiger partial charge in [-0.15, -0.1) is 11.3 Å². The average Bonchev–Trinajstić information content (AvgIpc) is 2.87. The standard InChI is InChI=1S/C19H21NOS/c1-13(12-21)9-20-10-18(16-7-5-4-6-14(16)2)17-8-15(3)22-19(17)11-20/h4-8,12,18H,1,9-11H2,2-3H3/t18-/m1/s1. The molecule has 0 saturated heterocycles. The highest BCUT2D eigenvalue weighted by Gasteiger charge is 2.29. The highest BCUT2D eigenvalue weighted by molar-refractivity contribution is 7.12. The van der Waals surface area contributed by atoms with E-state index in [1.807, 2.05) is 11.3 Å². The first kappa shape index (κ1) is 15.2. The highest BCUT2D eigenvalue weighted by Crippen LogP contribution is 2.39. The monoisotopic (exact) mass is 311 g/mol. The third-order valence-corrected chi connectivity index (χ3v) is 5.36. The fourth-order valence-corrected chi connectivity index (χ4v) is 4.45. The van der Waals surface area contributed by atoms with Crippen LogP contribution in [0, 0.1) is 13.8 Å². The maximum Gasteiger partial charge on any atom is 0.146 e. The number of aldehydes is 1. The van der Waals surface area contributed by atoms with E-state index in [0.29, 0.717) is 18.0 Å². The van der Waals surface area contributed by atoms with E-state index >= 15 is 0 Å². The Morgan fingerprint density at radius 3 is 2.86 bits per heavy atom. The number of hydrogen-bond donors (Lipinski definition) is 0. The summed E-state index contributed by atoms with van der Waals surface area (Å²) in [7, 11) is 0. The number of hydrogen-bond acceptors (Lipinski definition) is 3. The lowest BCUT2D eigenvalue weighted by Crippen LogP contribution is -2.34. The maximum absolute atomic E-state index is 10.9. The molecule has 1 aromatic heterocycles. The normalized spacial score (nSPS) is 18.0. The van der Waals surface area contributed by atoms with Crippen molar-refractivity contribution >= 4 is 17.6 Å². The molecule has 0 unspecified atom stereocenters. The van der Waals surface area contributed by atoms with Crippen LogP contribution in [0.25, 0.3) is 0 Å². The van der Waals surface area contributed by atoms with Crippen molar-refractivity contribution in [2.75, 3.05) is 13.1 Å². The van der Waals surface area contributed by atoms with Gasteiger partial charge in [-0.2, -0.15) is 0 Å². The molecule has 3 rings (SSSR count). The molecule has 0 fully saturated rings. The van der Waals surface area contributed by atoms with Crippen LogP contribution in [-0.2, 0) is 11.3 Å². The lowest BCUT2D eigenvalue weighted by molar-refractivity contribution is -0.105. The number of carbonyl (C=O) groups excluding carboxylic acids is 1. The molecule has 2 nitrogen and oxygen atoms in total. The van der Waals surface area contributed by atoms with Gasteiger partial charge in [0.1, 0.15) is 6.29 Å². The van der Waals surface area contributed by atoms with Gasteiger partial charge in [-0.1, -0.05) is 30.8 Å². The minimum absolute atomic E-state index is 0.384. The van der Waals surface area contributed by atoms with Crippen LogP contribution in [0.4, 0.5) is 0 Å². The first-order chi connectivity index (χ1) is 10.6. The van der Waals surface area contributed by atoms with E-state index in [4.69, 9.17) is 0 Å². The van der Waals surface area contributed by atoms with E-state index < -0.39 is 0 Å². The lowest BCUT2D eigenvalue weighted by Gasteiger charge is -2.33. The summed E-state index contributed by atoms with van der Waals surface area (Å²) in [6.07, 6.45) is 0.873. The number of aryl methyl sites for hydroxylation is 2. The number of thiophene rings is 1. The van der Waals surface area contributed by atoms with Crippen molar-refractivity contribution in [2.45, 2.75) is 26.3 Å². The van der Waals surface area contributed by atoms with Crippen LogP contribution < -0.4 is 0 Å². The van der Waals surface area contributed by atoms with Crippen LogP contribution in [0.2, 0.25) is 0 Å². The molecule has 22 heavy (non-hydrogen) atoms. The second-order valence-corrected chi connectivity index (χ2v) is 7.43. The molecule has 0 aliphatic carbocycles. The minimum Gasteiger partial charge on any atom is -0.298 e. The second-order valence-electron chi connectivity index (χ2n) is 6.09. The molecule has 2 heterocycles. The fraction of sp³-hybridized carbons (Fsp3) is 0.316. The summed E-state index contributed by atoms with van der Waals surface area (Å²) in [6, 6.07) is 11.0. The van der Waals surface area contributed by atoms with E-state index in [2.05, 4.69) is 55.7 Å². The molecule has 1 aromatic carbocycles. The third kappa shape index (κ3) is 2.92. The Hall–Kier alpha value is -1.71. The summed E-state index contributed by atoms with van der Waals surface area (Å²) >= 11 is 1.87. The quantitative estimate of drug-likeness (QED) is 0.627. The Balaban J connectivity index is 1.99. The van der Waals surface area contributed by atoms with E-state index in [1.165, 1.54) is 26.4 Å². The molecule has 114 valence electrons. The van der Waals surface area contributed by atoms with Gasteiger partial charge in [-0.05, 0) is 42.2 Å². The van der Waals surface area contributed by atoms with Crippen LogP contribution in [0.5, 0.6) is 0 Å². The van der Waals surface area contributed by atoms with Gasteiger partial charge in [0.2, 0.25) is 0 Å². The molecule has 1 aliphatic heterocycles. The van der Waals surface area contributed by atoms with Gasteiger partial charge in [0.15, 0.2) is 0 Å². The van der Waals surface area contributed by atoms with E-state index in [1.54, 1.807) is 0 Å². The molecular formula is C19H21NOS. The van der Waals surface area contributed by atoms with Gasteiger partial charge in [0.05, 0.1) is 0 Å². The third-order valence-electron chi connectivity index (χ3n) is 4.31. The van der Waals surface area contributed by atoms with Crippen LogP contribution in [0.3, 0.4) is 0 Å². The van der Waals surface area contributed by atoms with Crippen molar-refractivity contribution < 1.29 is 4.79 Å². The molecule has 3 heteroatoms.